The van der Waals surface area contributed by atoms with Crippen LogP contribution >= 0.6 is 24.0 Å². The van der Waals surface area contributed by atoms with Gasteiger partial charge in [-0.3, -0.25) is 9.54 Å². The summed E-state index contributed by atoms with van der Waals surface area (Å²) in [7, 11) is -4.23. The summed E-state index contributed by atoms with van der Waals surface area (Å²) in [6.07, 6.45) is 2.31. The summed E-state index contributed by atoms with van der Waals surface area (Å²) in [4.78, 5) is 3.11. The van der Waals surface area contributed by atoms with E-state index in [-0.39, 0.29) is 22.3 Å². The molecule has 7 heteroatoms. The molecule has 4 nitrogen and oxygen atoms in total. The molecule has 0 aliphatic rings. The van der Waals surface area contributed by atoms with Gasteiger partial charge in [0.2, 0.25) is 0 Å². The molecular weight excluding hydrogens is 225 g/mol. The lowest BCUT2D eigenvalue weighted by Gasteiger charge is -1.96. The molecule has 0 saturated heterocycles. The topological polar surface area (TPSA) is 67.3 Å². The highest BCUT2D eigenvalue weighted by Gasteiger charge is 2.13. The Hall–Kier alpha value is -0.360. The highest BCUT2D eigenvalue weighted by Crippen LogP contribution is 2.18. The number of aromatic nitrogens is 1. The van der Waals surface area contributed by atoms with E-state index in [4.69, 9.17) is 16.2 Å². The van der Waals surface area contributed by atoms with Gasteiger partial charge in [-0.05, 0) is 6.07 Å². The van der Waals surface area contributed by atoms with Gasteiger partial charge in [0.05, 0.1) is 5.02 Å². The molecule has 1 N–H and O–H groups in total. The molecule has 0 aromatic carbocycles. The first kappa shape index (κ1) is 11.6. The molecule has 1 aromatic rings. The Balaban J connectivity index is 0.00000121. The fourth-order valence-electron chi connectivity index (χ4n) is 0.553. The standard InChI is InChI=1S/C5H4ClNO3S.ClH/c6-4-1-2-7-3-5(4)11(8,9)10;/h1-3H,(H,8,9,10);1H. The zero-order valence-electron chi connectivity index (χ0n) is 5.64. The number of pyridine rings is 1. The molecule has 0 bridgehead atoms. The molecule has 0 aliphatic carbocycles. The van der Waals surface area contributed by atoms with E-state index in [0.717, 1.165) is 6.20 Å². The molecule has 68 valence electrons. The number of halogens is 2. The van der Waals surface area contributed by atoms with Crippen molar-refractivity contribution >= 4 is 34.1 Å². The molecule has 1 heterocycles. The number of rotatable bonds is 1. The molecule has 0 spiro atoms. The van der Waals surface area contributed by atoms with E-state index >= 15 is 0 Å². The van der Waals surface area contributed by atoms with E-state index in [2.05, 4.69) is 4.98 Å². The van der Waals surface area contributed by atoms with Crippen LogP contribution in [0.25, 0.3) is 0 Å². The average Bonchev–Trinajstić information content (AvgIpc) is 1.86. The largest absolute Gasteiger partial charge is 0.297 e. The highest BCUT2D eigenvalue weighted by molar-refractivity contribution is 7.86. The Morgan fingerprint density at radius 3 is 2.42 bits per heavy atom. The van der Waals surface area contributed by atoms with Crippen molar-refractivity contribution in [2.75, 3.05) is 0 Å². The molecule has 1 aromatic heterocycles. The molecule has 1 rings (SSSR count). The maximum atomic E-state index is 10.5. The van der Waals surface area contributed by atoms with Crippen molar-refractivity contribution in [3.63, 3.8) is 0 Å². The van der Waals surface area contributed by atoms with Crippen LogP contribution in [-0.2, 0) is 10.1 Å². The van der Waals surface area contributed by atoms with Crippen molar-refractivity contribution in [2.45, 2.75) is 4.90 Å². The molecule has 0 amide bonds. The van der Waals surface area contributed by atoms with Crippen LogP contribution in [0.4, 0.5) is 0 Å². The third-order valence-corrected chi connectivity index (χ3v) is 2.33. The number of hydrogen-bond acceptors (Lipinski definition) is 3. The van der Waals surface area contributed by atoms with Crippen LogP contribution < -0.4 is 0 Å². The smallest absolute Gasteiger partial charge is 0.282 e. The lowest BCUT2D eigenvalue weighted by atomic mass is 10.5. The van der Waals surface area contributed by atoms with Crippen LogP contribution in [0.15, 0.2) is 23.4 Å². The van der Waals surface area contributed by atoms with Gasteiger partial charge in [0.25, 0.3) is 10.1 Å². The van der Waals surface area contributed by atoms with Gasteiger partial charge in [-0.1, -0.05) is 11.6 Å². The van der Waals surface area contributed by atoms with Gasteiger partial charge in [0.15, 0.2) is 0 Å². The van der Waals surface area contributed by atoms with Crippen molar-refractivity contribution in [2.24, 2.45) is 0 Å². The molecule has 0 aliphatic heterocycles. The summed E-state index contributed by atoms with van der Waals surface area (Å²) < 4.78 is 29.5. The third kappa shape index (κ3) is 2.60. The summed E-state index contributed by atoms with van der Waals surface area (Å²) in [5, 5.41) is -0.0394. The normalized spacial score (nSPS) is 10.5. The van der Waals surface area contributed by atoms with E-state index in [9.17, 15) is 8.42 Å². The number of nitrogens with zero attached hydrogens (tertiary/aromatic N) is 1. The Labute approximate surface area is 80.7 Å². The third-order valence-electron chi connectivity index (χ3n) is 1.01. The van der Waals surface area contributed by atoms with E-state index in [0.29, 0.717) is 0 Å². The Morgan fingerprint density at radius 2 is 2.08 bits per heavy atom. The van der Waals surface area contributed by atoms with Crippen molar-refractivity contribution in [1.29, 1.82) is 0 Å². The van der Waals surface area contributed by atoms with Crippen LogP contribution in [0.2, 0.25) is 5.02 Å². The molecule has 12 heavy (non-hydrogen) atoms. The number of hydrogen-bond donors (Lipinski definition) is 1. The SMILES string of the molecule is Cl.O=S(=O)(O)c1cnccc1Cl. The first-order valence-corrected chi connectivity index (χ1v) is 4.40. The second-order valence-corrected chi connectivity index (χ2v) is 3.58. The minimum atomic E-state index is -4.23. The molecule has 0 saturated carbocycles. The van der Waals surface area contributed by atoms with Crippen molar-refractivity contribution in [3.8, 4) is 0 Å². The first-order valence-electron chi connectivity index (χ1n) is 2.59. The zero-order chi connectivity index (χ0) is 8.48. The van der Waals surface area contributed by atoms with Crippen molar-refractivity contribution in [1.82, 2.24) is 4.98 Å². The fraction of sp³-hybridized carbons (Fsp3) is 0. The predicted molar refractivity (Wildman–Crippen MR) is 46.3 cm³/mol. The summed E-state index contributed by atoms with van der Waals surface area (Å²) in [6, 6.07) is 1.28. The van der Waals surface area contributed by atoms with Crippen molar-refractivity contribution in [3.05, 3.63) is 23.5 Å². The summed E-state index contributed by atoms with van der Waals surface area (Å²) in [5.41, 5.74) is 0. The van der Waals surface area contributed by atoms with E-state index in [1.165, 1.54) is 12.3 Å². The monoisotopic (exact) mass is 229 g/mol. The van der Waals surface area contributed by atoms with Gasteiger partial charge in [-0.2, -0.15) is 8.42 Å². The van der Waals surface area contributed by atoms with Crippen LogP contribution in [0.3, 0.4) is 0 Å². The summed E-state index contributed by atoms with van der Waals surface area (Å²) in [6.45, 7) is 0. The van der Waals surface area contributed by atoms with Gasteiger partial charge in [0.1, 0.15) is 4.90 Å². The summed E-state index contributed by atoms with van der Waals surface area (Å²) >= 11 is 5.43. The maximum absolute atomic E-state index is 10.5. The minimum absolute atomic E-state index is 0. The van der Waals surface area contributed by atoms with Crippen molar-refractivity contribution < 1.29 is 13.0 Å². The minimum Gasteiger partial charge on any atom is -0.282 e. The lowest BCUT2D eigenvalue weighted by molar-refractivity contribution is 0.483. The molecule has 0 radical (unpaired) electrons. The Morgan fingerprint density at radius 1 is 1.50 bits per heavy atom. The van der Waals surface area contributed by atoms with E-state index in [1.54, 1.807) is 0 Å². The molecule has 0 atom stereocenters. The average molecular weight is 230 g/mol. The fourth-order valence-corrected chi connectivity index (χ4v) is 1.46. The summed E-state index contributed by atoms with van der Waals surface area (Å²) in [5.74, 6) is 0. The van der Waals surface area contributed by atoms with Crippen LogP contribution in [-0.4, -0.2) is 18.0 Å². The first-order chi connectivity index (χ1) is 5.02. The second-order valence-electron chi connectivity index (χ2n) is 1.78. The predicted octanol–water partition coefficient (Wildman–Crippen LogP) is 1.40. The van der Waals surface area contributed by atoms with E-state index < -0.39 is 10.1 Å². The van der Waals surface area contributed by atoms with Crippen LogP contribution in [0.5, 0.6) is 0 Å². The molecule has 0 unspecified atom stereocenters. The van der Waals surface area contributed by atoms with Gasteiger partial charge < -0.3 is 0 Å². The lowest BCUT2D eigenvalue weighted by Crippen LogP contribution is -1.99. The quantitative estimate of drug-likeness (QED) is 0.740. The molecular formula is C5H5Cl2NO3S. The second kappa shape index (κ2) is 4.04. The van der Waals surface area contributed by atoms with Gasteiger partial charge in [0, 0.05) is 12.4 Å². The van der Waals surface area contributed by atoms with E-state index in [1.807, 2.05) is 0 Å². The zero-order valence-corrected chi connectivity index (χ0v) is 8.03. The Bertz CT molecular complexity index is 365. The highest BCUT2D eigenvalue weighted by atomic mass is 35.5. The molecule has 0 fully saturated rings. The van der Waals surface area contributed by atoms with Crippen LogP contribution in [0, 0.1) is 0 Å². The van der Waals surface area contributed by atoms with Gasteiger partial charge in [-0.15, -0.1) is 12.4 Å². The van der Waals surface area contributed by atoms with Gasteiger partial charge >= 0.3 is 0 Å². The van der Waals surface area contributed by atoms with Crippen LogP contribution in [0.1, 0.15) is 0 Å². The Kier molecular flexibility index (Phi) is 3.92. The maximum Gasteiger partial charge on any atom is 0.297 e. The van der Waals surface area contributed by atoms with Gasteiger partial charge in [-0.25, -0.2) is 0 Å².